The summed E-state index contributed by atoms with van der Waals surface area (Å²) in [5, 5.41) is 14.0. The van der Waals surface area contributed by atoms with E-state index in [9.17, 15) is 36.5 Å². The molecule has 11 heteroatoms. The lowest BCUT2D eigenvalue weighted by Crippen LogP contribution is -2.15. The van der Waals surface area contributed by atoms with Crippen molar-refractivity contribution in [3.05, 3.63) is 57.4 Å². The van der Waals surface area contributed by atoms with Gasteiger partial charge in [0.1, 0.15) is 12.4 Å². The van der Waals surface area contributed by atoms with Crippen LogP contribution in [0.1, 0.15) is 16.7 Å². The zero-order valence-corrected chi connectivity index (χ0v) is 11.0. The van der Waals surface area contributed by atoms with Crippen LogP contribution in [0.5, 0.6) is 0 Å². The van der Waals surface area contributed by atoms with Gasteiger partial charge in [0, 0.05) is 0 Å². The Bertz CT molecular complexity index is 735. The van der Waals surface area contributed by atoms with Crippen molar-refractivity contribution in [2.24, 2.45) is 0 Å². The average molecular weight is 339 g/mol. The van der Waals surface area contributed by atoms with Gasteiger partial charge in [-0.25, -0.2) is 0 Å². The maximum Gasteiger partial charge on any atom is 0.416 e. The quantitative estimate of drug-likeness (QED) is 0.484. The molecule has 2 aromatic rings. The first-order valence-electron chi connectivity index (χ1n) is 5.92. The third kappa shape index (κ3) is 3.79. The Morgan fingerprint density at radius 1 is 1.13 bits per heavy atom. The van der Waals surface area contributed by atoms with Crippen molar-refractivity contribution in [1.82, 2.24) is 9.78 Å². The second kappa shape index (κ2) is 5.56. The van der Waals surface area contributed by atoms with Crippen molar-refractivity contribution < 1.29 is 31.3 Å². The summed E-state index contributed by atoms with van der Waals surface area (Å²) in [6.07, 6.45) is -8.20. The van der Waals surface area contributed by atoms with E-state index in [1.807, 2.05) is 0 Å². The summed E-state index contributed by atoms with van der Waals surface area (Å²) in [4.78, 5) is 9.70. The molecule has 0 unspecified atom stereocenters. The Hall–Kier alpha value is -2.59. The molecule has 1 heterocycles. The van der Waals surface area contributed by atoms with E-state index in [-0.39, 0.29) is 6.07 Å². The zero-order valence-electron chi connectivity index (χ0n) is 11.0. The van der Waals surface area contributed by atoms with Gasteiger partial charge in [-0.3, -0.25) is 14.8 Å². The number of nitrogens with zero attached hydrogens (tertiary/aromatic N) is 3. The van der Waals surface area contributed by atoms with Gasteiger partial charge in [-0.15, -0.1) is 0 Å². The highest BCUT2D eigenvalue weighted by Gasteiger charge is 2.38. The lowest BCUT2D eigenvalue weighted by atomic mass is 10.0. The molecule has 0 saturated carbocycles. The SMILES string of the molecule is O=[N+]([O-])c1cnn(Cc2ccc(C(F)(F)F)cc2C(F)(F)F)c1. The van der Waals surface area contributed by atoms with E-state index in [2.05, 4.69) is 5.10 Å². The van der Waals surface area contributed by atoms with Gasteiger partial charge >= 0.3 is 18.0 Å². The number of halogens is 6. The van der Waals surface area contributed by atoms with Crippen LogP contribution in [0, 0.1) is 10.1 Å². The average Bonchev–Trinajstić information content (AvgIpc) is 2.85. The third-order valence-corrected chi connectivity index (χ3v) is 2.91. The molecule has 0 aliphatic rings. The fraction of sp³-hybridized carbons (Fsp3) is 0.250. The third-order valence-electron chi connectivity index (χ3n) is 2.91. The van der Waals surface area contributed by atoms with Crippen molar-refractivity contribution in [2.45, 2.75) is 18.9 Å². The topological polar surface area (TPSA) is 61.0 Å². The molecule has 1 aromatic heterocycles. The normalized spacial score (nSPS) is 12.4. The molecule has 0 radical (unpaired) electrons. The lowest BCUT2D eigenvalue weighted by molar-refractivity contribution is -0.385. The van der Waals surface area contributed by atoms with Crippen molar-refractivity contribution in [3.63, 3.8) is 0 Å². The van der Waals surface area contributed by atoms with Gasteiger partial charge in [0.2, 0.25) is 0 Å². The van der Waals surface area contributed by atoms with E-state index in [4.69, 9.17) is 0 Å². The molecule has 0 aliphatic heterocycles. The Morgan fingerprint density at radius 2 is 1.78 bits per heavy atom. The number of alkyl halides is 6. The smallest absolute Gasteiger partial charge is 0.261 e. The summed E-state index contributed by atoms with van der Waals surface area (Å²) in [5.74, 6) is 0. The summed E-state index contributed by atoms with van der Waals surface area (Å²) >= 11 is 0. The van der Waals surface area contributed by atoms with Gasteiger partial charge in [-0.1, -0.05) is 6.07 Å². The number of aromatic nitrogens is 2. The monoisotopic (exact) mass is 339 g/mol. The molecule has 124 valence electrons. The van der Waals surface area contributed by atoms with Crippen LogP contribution in [-0.2, 0) is 18.9 Å². The predicted octanol–water partition coefficient (Wildman–Crippen LogP) is 3.88. The maximum atomic E-state index is 12.9. The molecule has 0 atom stereocenters. The summed E-state index contributed by atoms with van der Waals surface area (Å²) in [6.45, 7) is -0.555. The van der Waals surface area contributed by atoms with Gasteiger partial charge in [0.25, 0.3) is 0 Å². The Balaban J connectivity index is 2.42. The number of rotatable bonds is 3. The van der Waals surface area contributed by atoms with Gasteiger partial charge in [-0.2, -0.15) is 31.4 Å². The second-order valence-electron chi connectivity index (χ2n) is 4.52. The number of nitro groups is 1. The van der Waals surface area contributed by atoms with Gasteiger partial charge in [0.15, 0.2) is 0 Å². The molecule has 1 aromatic carbocycles. The largest absolute Gasteiger partial charge is 0.416 e. The molecule has 0 bridgehead atoms. The van der Waals surface area contributed by atoms with Crippen LogP contribution in [0.4, 0.5) is 32.0 Å². The summed E-state index contributed by atoms with van der Waals surface area (Å²) in [7, 11) is 0. The molecular formula is C12H7F6N3O2. The first-order valence-corrected chi connectivity index (χ1v) is 5.92. The van der Waals surface area contributed by atoms with Crippen LogP contribution in [0.15, 0.2) is 30.6 Å². The molecule has 2 rings (SSSR count). The molecule has 0 saturated heterocycles. The fourth-order valence-electron chi connectivity index (χ4n) is 1.86. The number of hydrogen-bond acceptors (Lipinski definition) is 3. The zero-order chi connectivity index (χ0) is 17.4. The van der Waals surface area contributed by atoms with Crippen molar-refractivity contribution >= 4 is 5.69 Å². The summed E-state index contributed by atoms with van der Waals surface area (Å²) in [5.41, 5.74) is -3.82. The number of hydrogen-bond donors (Lipinski definition) is 0. The van der Waals surface area contributed by atoms with Crippen LogP contribution in [0.2, 0.25) is 0 Å². The van der Waals surface area contributed by atoms with Gasteiger partial charge in [-0.05, 0) is 17.7 Å². The Kier molecular flexibility index (Phi) is 4.05. The van der Waals surface area contributed by atoms with E-state index in [0.717, 1.165) is 17.1 Å². The summed E-state index contributed by atoms with van der Waals surface area (Å²) in [6, 6.07) is 1.20. The molecule has 0 fully saturated rings. The van der Waals surface area contributed by atoms with Crippen LogP contribution in [0.25, 0.3) is 0 Å². The standard InChI is InChI=1S/C12H7F6N3O2/c13-11(14,15)8-2-1-7(10(3-8)12(16,17)18)5-20-6-9(4-19-20)21(22)23/h1-4,6H,5H2. The molecule has 0 aliphatic carbocycles. The van der Waals surface area contributed by atoms with E-state index < -0.39 is 46.2 Å². The molecule has 0 N–H and O–H groups in total. The fourth-order valence-corrected chi connectivity index (χ4v) is 1.86. The van der Waals surface area contributed by atoms with Crippen molar-refractivity contribution in [2.75, 3.05) is 0 Å². The van der Waals surface area contributed by atoms with E-state index in [0.29, 0.717) is 12.1 Å². The van der Waals surface area contributed by atoms with Gasteiger partial charge in [0.05, 0.1) is 22.6 Å². The molecular weight excluding hydrogens is 332 g/mol. The van der Waals surface area contributed by atoms with E-state index in [1.165, 1.54) is 0 Å². The van der Waals surface area contributed by atoms with Crippen molar-refractivity contribution in [1.29, 1.82) is 0 Å². The highest BCUT2D eigenvalue weighted by molar-refractivity contribution is 5.36. The predicted molar refractivity (Wildman–Crippen MR) is 64.4 cm³/mol. The Morgan fingerprint density at radius 3 is 2.26 bits per heavy atom. The molecule has 0 spiro atoms. The summed E-state index contributed by atoms with van der Waals surface area (Å²) < 4.78 is 77.3. The maximum absolute atomic E-state index is 12.9. The molecule has 23 heavy (non-hydrogen) atoms. The minimum atomic E-state index is -5.00. The van der Waals surface area contributed by atoms with Crippen LogP contribution >= 0.6 is 0 Å². The van der Waals surface area contributed by atoms with E-state index >= 15 is 0 Å². The van der Waals surface area contributed by atoms with Gasteiger partial charge < -0.3 is 0 Å². The number of benzene rings is 1. The first kappa shape index (κ1) is 16.8. The highest BCUT2D eigenvalue weighted by atomic mass is 19.4. The van der Waals surface area contributed by atoms with E-state index in [1.54, 1.807) is 0 Å². The minimum absolute atomic E-state index is 0.00719. The first-order chi connectivity index (χ1) is 10.5. The second-order valence-corrected chi connectivity index (χ2v) is 4.52. The molecule has 0 amide bonds. The minimum Gasteiger partial charge on any atom is -0.261 e. The van der Waals surface area contributed by atoms with Crippen LogP contribution in [0.3, 0.4) is 0 Å². The van der Waals surface area contributed by atoms with Crippen LogP contribution < -0.4 is 0 Å². The van der Waals surface area contributed by atoms with Crippen molar-refractivity contribution in [3.8, 4) is 0 Å². The van der Waals surface area contributed by atoms with Crippen LogP contribution in [-0.4, -0.2) is 14.7 Å². The Labute approximate surface area is 124 Å². The molecule has 5 nitrogen and oxygen atoms in total. The lowest BCUT2D eigenvalue weighted by Gasteiger charge is -2.15. The highest BCUT2D eigenvalue weighted by Crippen LogP contribution is 2.37.